The van der Waals surface area contributed by atoms with Crippen molar-refractivity contribution in [3.8, 4) is 0 Å². The average Bonchev–Trinajstić information content (AvgIpc) is 3.15. The van der Waals surface area contributed by atoms with Gasteiger partial charge in [0, 0.05) is 6.54 Å². The molecule has 1 heterocycles. The van der Waals surface area contributed by atoms with E-state index < -0.39 is 11.6 Å². The molecule has 1 fully saturated rings. The third-order valence-electron chi connectivity index (χ3n) is 5.70. The predicted octanol–water partition coefficient (Wildman–Crippen LogP) is 2.31. The van der Waals surface area contributed by atoms with Crippen LogP contribution in [0.15, 0.2) is 42.5 Å². The van der Waals surface area contributed by atoms with Gasteiger partial charge in [-0.1, -0.05) is 48.0 Å². The highest BCUT2D eigenvalue weighted by Gasteiger charge is 2.55. The Morgan fingerprint density at radius 1 is 1.18 bits per heavy atom. The second-order valence-electron chi connectivity index (χ2n) is 7.59. The lowest BCUT2D eigenvalue weighted by Gasteiger charge is -2.22. The van der Waals surface area contributed by atoms with E-state index >= 15 is 0 Å². The van der Waals surface area contributed by atoms with Crippen molar-refractivity contribution in [2.75, 3.05) is 6.54 Å². The number of nitrogens with zero attached hydrogens (tertiary/aromatic N) is 1. The van der Waals surface area contributed by atoms with Crippen molar-refractivity contribution in [2.45, 2.75) is 38.8 Å². The van der Waals surface area contributed by atoms with Crippen molar-refractivity contribution in [3.63, 3.8) is 0 Å². The van der Waals surface area contributed by atoms with Crippen molar-refractivity contribution < 1.29 is 14.4 Å². The number of carbonyl (C=O) groups is 3. The quantitative estimate of drug-likeness (QED) is 0.803. The molecule has 1 aliphatic carbocycles. The Morgan fingerprint density at radius 2 is 1.96 bits per heavy atom. The van der Waals surface area contributed by atoms with Crippen molar-refractivity contribution in [1.29, 1.82) is 0 Å². The number of amides is 4. The second-order valence-corrected chi connectivity index (χ2v) is 7.59. The smallest absolute Gasteiger partial charge is 0.325 e. The summed E-state index contributed by atoms with van der Waals surface area (Å²) < 4.78 is 0. The molecular weight excluding hydrogens is 354 g/mol. The number of fused-ring (bicyclic) bond motifs is 2. The van der Waals surface area contributed by atoms with Crippen LogP contribution in [0.5, 0.6) is 0 Å². The van der Waals surface area contributed by atoms with Crippen LogP contribution < -0.4 is 10.6 Å². The zero-order valence-electron chi connectivity index (χ0n) is 16.0. The lowest BCUT2D eigenvalue weighted by Crippen LogP contribution is -2.43. The summed E-state index contributed by atoms with van der Waals surface area (Å²) in [5.41, 5.74) is 4.15. The molecule has 1 spiro atoms. The van der Waals surface area contributed by atoms with E-state index in [1.165, 1.54) is 0 Å². The zero-order valence-corrected chi connectivity index (χ0v) is 16.0. The highest BCUT2D eigenvalue weighted by atomic mass is 16.2. The molecule has 28 heavy (non-hydrogen) atoms. The van der Waals surface area contributed by atoms with Crippen LogP contribution in [0.1, 0.15) is 34.2 Å². The van der Waals surface area contributed by atoms with Gasteiger partial charge in [0.15, 0.2) is 0 Å². The monoisotopic (exact) mass is 377 g/mol. The van der Waals surface area contributed by atoms with Crippen LogP contribution in [0.3, 0.4) is 0 Å². The molecular formula is C22H23N3O3. The largest absolute Gasteiger partial charge is 0.350 e. The van der Waals surface area contributed by atoms with Crippen LogP contribution in [-0.4, -0.2) is 29.3 Å². The number of imide groups is 1. The first-order chi connectivity index (χ1) is 13.4. The fraction of sp³-hybridized carbons (Fsp3) is 0.318. The van der Waals surface area contributed by atoms with Gasteiger partial charge in [0.2, 0.25) is 5.91 Å². The van der Waals surface area contributed by atoms with Gasteiger partial charge in [0.1, 0.15) is 12.1 Å². The van der Waals surface area contributed by atoms with Crippen molar-refractivity contribution in [2.24, 2.45) is 0 Å². The first-order valence-electron chi connectivity index (χ1n) is 9.46. The highest BCUT2D eigenvalue weighted by Crippen LogP contribution is 2.41. The molecule has 4 amide bonds. The molecule has 6 nitrogen and oxygen atoms in total. The normalized spacial score (nSPS) is 20.4. The van der Waals surface area contributed by atoms with Gasteiger partial charge in [0.05, 0.1) is 0 Å². The van der Waals surface area contributed by atoms with Crippen LogP contribution in [-0.2, 0) is 28.1 Å². The maximum Gasteiger partial charge on any atom is 0.325 e. The van der Waals surface area contributed by atoms with E-state index in [-0.39, 0.29) is 18.4 Å². The van der Waals surface area contributed by atoms with Gasteiger partial charge in [-0.2, -0.15) is 0 Å². The van der Waals surface area contributed by atoms with E-state index in [1.54, 1.807) is 0 Å². The third-order valence-corrected chi connectivity index (χ3v) is 5.70. The summed E-state index contributed by atoms with van der Waals surface area (Å²) in [6.45, 7) is 4.10. The Kier molecular flexibility index (Phi) is 4.41. The standard InChI is InChI=1S/C22H23N3O3/c1-14-7-8-17(15(2)11-14)12-23-19(26)13-25-20(27)22(24-21(25)28)10-9-16-5-3-4-6-18(16)22/h3-8,11H,9-10,12-13H2,1-2H3,(H,23,26)(H,24,28). The van der Waals surface area contributed by atoms with Gasteiger partial charge in [-0.25, -0.2) is 4.79 Å². The summed E-state index contributed by atoms with van der Waals surface area (Å²) in [7, 11) is 0. The molecule has 0 saturated carbocycles. The minimum atomic E-state index is -1.03. The maximum atomic E-state index is 13.1. The SMILES string of the molecule is Cc1ccc(CNC(=O)CN2C(=O)NC3(CCc4ccccc43)C2=O)c(C)c1. The molecule has 6 heteroatoms. The Hall–Kier alpha value is -3.15. The molecule has 1 unspecified atom stereocenters. The molecule has 1 aliphatic heterocycles. The van der Waals surface area contributed by atoms with Crippen LogP contribution in [0.4, 0.5) is 4.79 Å². The van der Waals surface area contributed by atoms with E-state index in [1.807, 2.05) is 50.2 Å². The molecule has 0 radical (unpaired) electrons. The first-order valence-corrected chi connectivity index (χ1v) is 9.46. The van der Waals surface area contributed by atoms with E-state index in [4.69, 9.17) is 0 Å². The van der Waals surface area contributed by atoms with E-state index in [0.29, 0.717) is 13.0 Å². The van der Waals surface area contributed by atoms with Gasteiger partial charge >= 0.3 is 6.03 Å². The number of hydrogen-bond donors (Lipinski definition) is 2. The molecule has 0 bridgehead atoms. The van der Waals surface area contributed by atoms with Crippen LogP contribution >= 0.6 is 0 Å². The number of hydrogen-bond acceptors (Lipinski definition) is 3. The van der Waals surface area contributed by atoms with Crippen LogP contribution in [0, 0.1) is 13.8 Å². The number of nitrogens with one attached hydrogen (secondary N) is 2. The molecule has 2 aromatic rings. The Labute approximate surface area is 163 Å². The first kappa shape index (κ1) is 18.2. The Balaban J connectivity index is 1.45. The Morgan fingerprint density at radius 3 is 2.75 bits per heavy atom. The summed E-state index contributed by atoms with van der Waals surface area (Å²) in [5, 5.41) is 5.65. The number of rotatable bonds is 4. The summed E-state index contributed by atoms with van der Waals surface area (Å²) in [6, 6.07) is 13.2. The van der Waals surface area contributed by atoms with Gasteiger partial charge in [-0.3, -0.25) is 14.5 Å². The van der Waals surface area contributed by atoms with Crippen molar-refractivity contribution in [3.05, 3.63) is 70.3 Å². The molecule has 4 rings (SSSR count). The molecule has 1 atom stereocenters. The fourth-order valence-corrected chi connectivity index (χ4v) is 4.17. The van der Waals surface area contributed by atoms with Gasteiger partial charge < -0.3 is 10.6 Å². The molecule has 144 valence electrons. The summed E-state index contributed by atoms with van der Waals surface area (Å²) in [6.07, 6.45) is 1.26. The molecule has 2 aromatic carbocycles. The Bertz CT molecular complexity index is 985. The maximum absolute atomic E-state index is 13.1. The van der Waals surface area contributed by atoms with E-state index in [9.17, 15) is 14.4 Å². The summed E-state index contributed by atoms with van der Waals surface area (Å²) in [5.74, 6) is -0.698. The van der Waals surface area contributed by atoms with Gasteiger partial charge in [-0.05, 0) is 48.9 Å². The molecule has 0 aromatic heterocycles. The van der Waals surface area contributed by atoms with Crippen LogP contribution in [0.25, 0.3) is 0 Å². The molecule has 1 saturated heterocycles. The number of benzene rings is 2. The van der Waals surface area contributed by atoms with Gasteiger partial charge in [0.25, 0.3) is 5.91 Å². The number of aryl methyl sites for hydroxylation is 3. The lowest BCUT2D eigenvalue weighted by molar-refractivity contribution is -0.135. The zero-order chi connectivity index (χ0) is 19.9. The lowest BCUT2D eigenvalue weighted by atomic mass is 9.92. The van der Waals surface area contributed by atoms with Crippen molar-refractivity contribution >= 4 is 17.8 Å². The second kappa shape index (κ2) is 6.78. The summed E-state index contributed by atoms with van der Waals surface area (Å²) in [4.78, 5) is 39.0. The van der Waals surface area contributed by atoms with Crippen molar-refractivity contribution in [1.82, 2.24) is 15.5 Å². The van der Waals surface area contributed by atoms with Crippen LogP contribution in [0.2, 0.25) is 0 Å². The minimum Gasteiger partial charge on any atom is -0.350 e. The highest BCUT2D eigenvalue weighted by molar-refractivity contribution is 6.09. The minimum absolute atomic E-state index is 0.278. The summed E-state index contributed by atoms with van der Waals surface area (Å²) >= 11 is 0. The molecule has 2 N–H and O–H groups in total. The topological polar surface area (TPSA) is 78.5 Å². The number of urea groups is 1. The van der Waals surface area contributed by atoms with E-state index in [0.717, 1.165) is 39.1 Å². The van der Waals surface area contributed by atoms with Gasteiger partial charge in [-0.15, -0.1) is 0 Å². The predicted molar refractivity (Wildman–Crippen MR) is 104 cm³/mol. The fourth-order valence-electron chi connectivity index (χ4n) is 4.17. The third kappa shape index (κ3) is 2.95. The van der Waals surface area contributed by atoms with E-state index in [2.05, 4.69) is 16.7 Å². The average molecular weight is 377 g/mol. The number of carbonyl (C=O) groups excluding carboxylic acids is 3. The molecule has 2 aliphatic rings.